The summed E-state index contributed by atoms with van der Waals surface area (Å²) in [6.45, 7) is 5.77. The highest BCUT2D eigenvalue weighted by molar-refractivity contribution is 6.34. The van der Waals surface area contributed by atoms with Crippen molar-refractivity contribution in [3.05, 3.63) is 76.5 Å². The summed E-state index contributed by atoms with van der Waals surface area (Å²) in [7, 11) is 5.07. The molecule has 2 atom stereocenters. The van der Waals surface area contributed by atoms with Gasteiger partial charge in [0.2, 0.25) is 0 Å². The molecule has 3 amide bonds. The average Bonchev–Trinajstić information content (AvgIpc) is 3.79. The van der Waals surface area contributed by atoms with E-state index in [0.29, 0.717) is 80.3 Å². The second kappa shape index (κ2) is 15.1. The standard InChI is InChI=1S/C36H41ClF2N8O5/c1-22-28(18-41-46(22)14-16-52-4)25-7-8-27(33(39)32(25)38)30-19-40-34(43(30)2)35(50)42-23-5-6-26(29(37)17-23)36(51)45-12-10-44(11-13-45)31(49)21-47(3)15-9-24(48)20-47/h5-8,17-19,24,48H,9-16,20-21H2,1-4H3/p+1. The van der Waals surface area contributed by atoms with Gasteiger partial charge in [-0.05, 0) is 31.2 Å². The molecule has 52 heavy (non-hydrogen) atoms. The molecule has 4 heterocycles. The van der Waals surface area contributed by atoms with Crippen LogP contribution in [0.2, 0.25) is 5.02 Å². The van der Waals surface area contributed by atoms with Crippen LogP contribution in [0.15, 0.2) is 42.7 Å². The number of aliphatic hydroxyl groups excluding tert-OH is 1. The molecule has 6 rings (SSSR count). The maximum absolute atomic E-state index is 15.5. The van der Waals surface area contributed by atoms with Crippen molar-refractivity contribution in [2.24, 2.45) is 7.05 Å². The number of nitrogens with one attached hydrogen (secondary N) is 1. The maximum Gasteiger partial charge on any atom is 0.291 e. The average molecular weight is 740 g/mol. The number of hydrogen-bond acceptors (Lipinski definition) is 7. The fourth-order valence-corrected chi connectivity index (χ4v) is 7.21. The minimum absolute atomic E-state index is 0.00500. The van der Waals surface area contributed by atoms with E-state index in [1.807, 2.05) is 7.05 Å². The minimum atomic E-state index is -1.09. The number of quaternary nitrogens is 1. The Hall–Kier alpha value is -4.70. The zero-order chi connectivity index (χ0) is 37.3. The lowest BCUT2D eigenvalue weighted by Crippen LogP contribution is -2.55. The molecule has 16 heteroatoms. The summed E-state index contributed by atoms with van der Waals surface area (Å²) in [6, 6.07) is 7.43. The smallest absolute Gasteiger partial charge is 0.291 e. The summed E-state index contributed by atoms with van der Waals surface area (Å²) >= 11 is 6.52. The van der Waals surface area contributed by atoms with Crippen molar-refractivity contribution in [2.45, 2.75) is 26.0 Å². The monoisotopic (exact) mass is 739 g/mol. The molecule has 0 saturated carbocycles. The van der Waals surface area contributed by atoms with Crippen LogP contribution in [0.4, 0.5) is 14.5 Å². The van der Waals surface area contributed by atoms with Crippen molar-refractivity contribution >= 4 is 35.0 Å². The molecule has 13 nitrogen and oxygen atoms in total. The fraction of sp³-hybridized carbons (Fsp3) is 0.417. The Morgan fingerprint density at radius 3 is 2.40 bits per heavy atom. The number of ether oxygens (including phenoxy) is 1. The van der Waals surface area contributed by atoms with Gasteiger partial charge in [0.05, 0.1) is 55.4 Å². The Balaban J connectivity index is 1.09. The number of halogens is 3. The molecule has 2 N–H and O–H groups in total. The van der Waals surface area contributed by atoms with E-state index >= 15 is 8.78 Å². The van der Waals surface area contributed by atoms with Crippen molar-refractivity contribution in [2.75, 3.05) is 71.9 Å². The Labute approximate surface area is 304 Å². The highest BCUT2D eigenvalue weighted by atomic mass is 35.5. The first-order valence-electron chi connectivity index (χ1n) is 17.0. The predicted molar refractivity (Wildman–Crippen MR) is 190 cm³/mol. The number of aliphatic hydroxyl groups is 1. The number of hydrogen-bond donors (Lipinski definition) is 2. The fourth-order valence-electron chi connectivity index (χ4n) is 6.94. The van der Waals surface area contributed by atoms with Crippen molar-refractivity contribution in [1.29, 1.82) is 0 Å². The van der Waals surface area contributed by atoms with Gasteiger partial charge in [0.1, 0.15) is 12.6 Å². The Kier molecular flexibility index (Phi) is 10.8. The molecular formula is C36H42ClF2N8O5+. The van der Waals surface area contributed by atoms with E-state index in [1.165, 1.54) is 48.3 Å². The first-order chi connectivity index (χ1) is 24.8. The van der Waals surface area contributed by atoms with Gasteiger partial charge < -0.3 is 34.0 Å². The lowest BCUT2D eigenvalue weighted by Gasteiger charge is -2.37. The third-order valence-electron chi connectivity index (χ3n) is 10.00. The lowest BCUT2D eigenvalue weighted by atomic mass is 10.0. The second-order valence-electron chi connectivity index (χ2n) is 13.6. The van der Waals surface area contributed by atoms with Gasteiger partial charge in [-0.3, -0.25) is 19.1 Å². The van der Waals surface area contributed by atoms with Crippen LogP contribution in [0, 0.1) is 18.6 Å². The van der Waals surface area contributed by atoms with Crippen LogP contribution < -0.4 is 5.32 Å². The Bertz CT molecular complexity index is 2010. The molecule has 4 aromatic rings. The van der Waals surface area contributed by atoms with Crippen molar-refractivity contribution in [3.63, 3.8) is 0 Å². The number of anilines is 1. The third-order valence-corrected chi connectivity index (χ3v) is 10.3. The van der Waals surface area contributed by atoms with Crippen LogP contribution in [-0.4, -0.2) is 129 Å². The maximum atomic E-state index is 15.5. The summed E-state index contributed by atoms with van der Waals surface area (Å²) in [4.78, 5) is 47.1. The summed E-state index contributed by atoms with van der Waals surface area (Å²) in [5.41, 5.74) is 1.85. The molecule has 2 aromatic carbocycles. The van der Waals surface area contributed by atoms with Crippen LogP contribution in [-0.2, 0) is 23.1 Å². The number of carbonyl (C=O) groups is 3. The van der Waals surface area contributed by atoms with E-state index in [1.54, 1.807) is 34.6 Å². The number of likely N-dealkylation sites (tertiary alicyclic amines) is 1. The number of carbonyl (C=O) groups excluding carboxylic acids is 3. The first kappa shape index (κ1) is 37.1. The number of benzene rings is 2. The molecule has 0 radical (unpaired) electrons. The number of nitrogens with zero attached hydrogens (tertiary/aromatic N) is 7. The van der Waals surface area contributed by atoms with Gasteiger partial charge in [-0.1, -0.05) is 17.7 Å². The first-order valence-corrected chi connectivity index (χ1v) is 17.4. The second-order valence-corrected chi connectivity index (χ2v) is 14.0. The predicted octanol–water partition coefficient (Wildman–Crippen LogP) is 3.58. The van der Waals surface area contributed by atoms with Gasteiger partial charge in [-0.2, -0.15) is 5.10 Å². The summed E-state index contributed by atoms with van der Waals surface area (Å²) in [5.74, 6) is -3.11. The normalized spacial score (nSPS) is 19.0. The van der Waals surface area contributed by atoms with E-state index in [-0.39, 0.29) is 51.1 Å². The van der Waals surface area contributed by atoms with Gasteiger partial charge in [-0.25, -0.2) is 13.8 Å². The molecule has 2 aliphatic heterocycles. The summed E-state index contributed by atoms with van der Waals surface area (Å²) in [6.07, 6.45) is 3.08. The molecule has 2 fully saturated rings. The van der Waals surface area contributed by atoms with Crippen molar-refractivity contribution < 1.29 is 37.5 Å². The number of aromatic nitrogens is 4. The number of rotatable bonds is 10. The number of amides is 3. The third kappa shape index (κ3) is 7.44. The quantitative estimate of drug-likeness (QED) is 0.238. The molecule has 2 unspecified atom stereocenters. The van der Waals surface area contributed by atoms with Gasteiger partial charge >= 0.3 is 0 Å². The highest BCUT2D eigenvalue weighted by Gasteiger charge is 2.37. The van der Waals surface area contributed by atoms with Crippen LogP contribution >= 0.6 is 11.6 Å². The molecule has 2 aliphatic rings. The van der Waals surface area contributed by atoms with E-state index in [9.17, 15) is 19.5 Å². The largest absolute Gasteiger partial charge is 0.387 e. The number of imidazole rings is 1. The highest BCUT2D eigenvalue weighted by Crippen LogP contribution is 2.33. The zero-order valence-corrected chi connectivity index (χ0v) is 30.3. The zero-order valence-electron chi connectivity index (χ0n) is 29.5. The van der Waals surface area contributed by atoms with Gasteiger partial charge in [0.25, 0.3) is 17.7 Å². The minimum Gasteiger partial charge on any atom is -0.387 e. The molecule has 0 bridgehead atoms. The van der Waals surface area contributed by atoms with Gasteiger partial charge in [0, 0.05) is 74.8 Å². The Morgan fingerprint density at radius 1 is 1.04 bits per heavy atom. The summed E-state index contributed by atoms with van der Waals surface area (Å²) < 4.78 is 39.6. The van der Waals surface area contributed by atoms with Crippen molar-refractivity contribution in [1.82, 2.24) is 29.1 Å². The Morgan fingerprint density at radius 2 is 1.73 bits per heavy atom. The van der Waals surface area contributed by atoms with E-state index < -0.39 is 17.5 Å². The molecule has 2 saturated heterocycles. The number of piperazine rings is 1. The van der Waals surface area contributed by atoms with Gasteiger partial charge in [-0.15, -0.1) is 0 Å². The molecule has 276 valence electrons. The van der Waals surface area contributed by atoms with Crippen molar-refractivity contribution in [3.8, 4) is 22.4 Å². The SMILES string of the molecule is COCCn1ncc(-c2ccc(-c3cnc(C(=O)Nc4ccc(C(=O)N5CCN(C(=O)C[N+]6(C)CCC(O)C6)CC5)c(Cl)c4)n3C)c(F)c2F)c1C. The molecular weight excluding hydrogens is 698 g/mol. The van der Waals surface area contributed by atoms with Crippen LogP contribution in [0.25, 0.3) is 22.4 Å². The topological polar surface area (TPSA) is 135 Å². The van der Waals surface area contributed by atoms with Crippen LogP contribution in [0.5, 0.6) is 0 Å². The lowest BCUT2D eigenvalue weighted by molar-refractivity contribution is -0.891. The molecule has 0 aliphatic carbocycles. The van der Waals surface area contributed by atoms with E-state index in [0.717, 1.165) is 6.54 Å². The molecule has 0 spiro atoms. The van der Waals surface area contributed by atoms with E-state index in [2.05, 4.69) is 15.4 Å². The molecule has 2 aromatic heterocycles. The number of likely N-dealkylation sites (N-methyl/N-ethyl adjacent to an activating group) is 1. The van der Waals surface area contributed by atoms with Gasteiger partial charge in [0.15, 0.2) is 24.0 Å². The number of methoxy groups -OCH3 is 1. The summed E-state index contributed by atoms with van der Waals surface area (Å²) in [5, 5.41) is 17.0. The van der Waals surface area contributed by atoms with E-state index in [4.69, 9.17) is 16.3 Å². The van der Waals surface area contributed by atoms with Crippen LogP contribution in [0.1, 0.15) is 33.1 Å². The van der Waals surface area contributed by atoms with Crippen LogP contribution in [0.3, 0.4) is 0 Å².